The van der Waals surface area contributed by atoms with Gasteiger partial charge in [-0.2, -0.15) is 0 Å². The lowest BCUT2D eigenvalue weighted by Gasteiger charge is -2.31. The first-order chi connectivity index (χ1) is 19.4. The third kappa shape index (κ3) is 8.31. The van der Waals surface area contributed by atoms with Crippen LogP contribution in [0.3, 0.4) is 0 Å². The molecule has 2 saturated heterocycles. The maximum atomic E-state index is 15.0. The third-order valence-electron chi connectivity index (χ3n) is 6.29. The van der Waals surface area contributed by atoms with Crippen LogP contribution in [0.1, 0.15) is 31.2 Å². The fourth-order valence-corrected chi connectivity index (χ4v) is 4.06. The van der Waals surface area contributed by atoms with Crippen LogP contribution in [-0.4, -0.2) is 80.1 Å². The van der Waals surface area contributed by atoms with E-state index < -0.39 is 17.9 Å². The monoisotopic (exact) mass is 559 g/mol. The number of halogens is 1. The summed E-state index contributed by atoms with van der Waals surface area (Å²) in [7, 11) is 1.65. The maximum absolute atomic E-state index is 15.0. The number of anilines is 1. The van der Waals surface area contributed by atoms with Gasteiger partial charge < -0.3 is 40.2 Å². The number of methoxy groups -OCH3 is 1. The first-order valence-corrected chi connectivity index (χ1v) is 13.0. The Hall–Kier alpha value is -3.88. The van der Waals surface area contributed by atoms with Gasteiger partial charge in [0.1, 0.15) is 19.0 Å². The molecule has 14 heteroatoms. The van der Waals surface area contributed by atoms with Crippen LogP contribution in [0.25, 0.3) is 11.1 Å². The van der Waals surface area contributed by atoms with Gasteiger partial charge in [-0.3, -0.25) is 0 Å². The number of hydrogen-bond acceptors (Lipinski definition) is 10. The first kappa shape index (κ1) is 29.1. The number of oxime groups is 1. The van der Waals surface area contributed by atoms with E-state index in [4.69, 9.17) is 35.3 Å². The molecular weight excluding hydrogens is 525 g/mol. The van der Waals surface area contributed by atoms with Crippen LogP contribution < -0.4 is 16.4 Å². The van der Waals surface area contributed by atoms with E-state index in [0.717, 1.165) is 31.6 Å². The Balaban J connectivity index is 1.21. The highest BCUT2D eigenvalue weighted by Crippen LogP contribution is 2.26. The summed E-state index contributed by atoms with van der Waals surface area (Å²) in [5.74, 6) is -0.504. The summed E-state index contributed by atoms with van der Waals surface area (Å²) in [6.45, 7) is 2.32. The summed E-state index contributed by atoms with van der Waals surface area (Å²) in [4.78, 5) is 30.8. The summed E-state index contributed by atoms with van der Waals surface area (Å²) in [6, 6.07) is 4.72. The number of hydrogen-bond donors (Lipinski definition) is 2. The number of amides is 1. The van der Waals surface area contributed by atoms with E-state index >= 15 is 4.39 Å². The molecule has 2 fully saturated rings. The van der Waals surface area contributed by atoms with Gasteiger partial charge >= 0.3 is 6.09 Å². The predicted octanol–water partition coefficient (Wildman–Crippen LogP) is 2.33. The number of benzene rings is 1. The first-order valence-electron chi connectivity index (χ1n) is 13.0. The molecule has 2 atom stereocenters. The van der Waals surface area contributed by atoms with Gasteiger partial charge in [0.15, 0.2) is 12.2 Å². The molecular formula is C26H34FN7O6. The number of nitrogens with zero attached hydrogens (tertiary/aromatic N) is 5. The molecule has 2 aliphatic heterocycles. The van der Waals surface area contributed by atoms with Crippen LogP contribution in [0, 0.1) is 5.82 Å². The van der Waals surface area contributed by atoms with Gasteiger partial charge in [-0.05, 0) is 19.3 Å². The molecule has 1 amide bonds. The van der Waals surface area contributed by atoms with E-state index in [0.29, 0.717) is 44.2 Å². The van der Waals surface area contributed by atoms with Crippen molar-refractivity contribution in [3.05, 3.63) is 42.0 Å². The van der Waals surface area contributed by atoms with Crippen LogP contribution in [0.2, 0.25) is 0 Å². The molecule has 1 aromatic heterocycles. The van der Waals surface area contributed by atoms with E-state index in [-0.39, 0.29) is 30.1 Å². The molecule has 0 saturated carbocycles. The highest BCUT2D eigenvalue weighted by atomic mass is 19.1. The van der Waals surface area contributed by atoms with Crippen molar-refractivity contribution >= 4 is 23.7 Å². The number of aliphatic imine (C=N–C) groups is 1. The smallest absolute Gasteiger partial charge is 0.437 e. The lowest BCUT2D eigenvalue weighted by molar-refractivity contribution is -0.178. The molecule has 0 aliphatic carbocycles. The second-order valence-electron chi connectivity index (χ2n) is 9.26. The van der Waals surface area contributed by atoms with Crippen molar-refractivity contribution in [3.63, 3.8) is 0 Å². The molecule has 0 radical (unpaired) electrons. The highest BCUT2D eigenvalue weighted by molar-refractivity contribution is 5.98. The van der Waals surface area contributed by atoms with E-state index in [1.165, 1.54) is 18.5 Å². The van der Waals surface area contributed by atoms with Crippen molar-refractivity contribution in [1.82, 2.24) is 9.97 Å². The van der Waals surface area contributed by atoms with Crippen molar-refractivity contribution in [3.8, 4) is 11.1 Å². The van der Waals surface area contributed by atoms with Crippen molar-refractivity contribution in [2.75, 3.05) is 44.9 Å². The van der Waals surface area contributed by atoms with Crippen molar-refractivity contribution in [1.29, 1.82) is 0 Å². The molecule has 216 valence electrons. The SMILES string of the molecule is COC(CCON=C1CN(c2ncc(-c3cccc(COC(=O)N=C(N)N)c3F)cn2)C1)COC1CCCCO1. The van der Waals surface area contributed by atoms with Gasteiger partial charge in [0.2, 0.25) is 5.95 Å². The quantitative estimate of drug-likeness (QED) is 0.169. The van der Waals surface area contributed by atoms with Crippen molar-refractivity contribution < 1.29 is 33.0 Å². The second-order valence-corrected chi connectivity index (χ2v) is 9.26. The minimum Gasteiger partial charge on any atom is -0.443 e. The van der Waals surface area contributed by atoms with Gasteiger partial charge in [0.25, 0.3) is 0 Å². The molecule has 1 aromatic carbocycles. The summed E-state index contributed by atoms with van der Waals surface area (Å²) in [5.41, 5.74) is 12.0. The highest BCUT2D eigenvalue weighted by Gasteiger charge is 2.25. The normalized spacial score (nSPS) is 17.5. The Kier molecular flexibility index (Phi) is 10.5. The molecule has 4 N–H and O–H groups in total. The van der Waals surface area contributed by atoms with Crippen LogP contribution >= 0.6 is 0 Å². The standard InChI is InChI=1S/C26H34FN7O6/c1-36-20(16-38-22-7-2-3-9-37-22)8-10-40-33-19-13-34(14-19)25-30-11-18(12-31-25)21-6-4-5-17(23(21)27)15-39-26(35)32-24(28)29/h4-6,11-12,20,22H,2-3,7-10,13-16H2,1H3,(H4,28,29,32,35). The topological polar surface area (TPSA) is 169 Å². The Labute approximate surface area is 231 Å². The summed E-state index contributed by atoms with van der Waals surface area (Å²) in [5, 5.41) is 4.18. The second kappa shape index (κ2) is 14.5. The van der Waals surface area contributed by atoms with Crippen LogP contribution in [0.4, 0.5) is 15.1 Å². The van der Waals surface area contributed by atoms with Crippen molar-refractivity contribution in [2.24, 2.45) is 21.6 Å². The Morgan fingerprint density at radius 2 is 2.05 bits per heavy atom. The number of guanidine groups is 1. The molecule has 13 nitrogen and oxygen atoms in total. The van der Waals surface area contributed by atoms with Crippen LogP contribution in [-0.2, 0) is 30.4 Å². The molecule has 4 rings (SSSR count). The van der Waals surface area contributed by atoms with E-state index in [2.05, 4.69) is 20.1 Å². The Morgan fingerprint density at radius 1 is 1.25 bits per heavy atom. The van der Waals surface area contributed by atoms with Gasteiger partial charge in [-0.25, -0.2) is 19.2 Å². The summed E-state index contributed by atoms with van der Waals surface area (Å²) >= 11 is 0. The fourth-order valence-electron chi connectivity index (χ4n) is 4.06. The minimum atomic E-state index is -1.01. The van der Waals surface area contributed by atoms with Gasteiger partial charge in [-0.1, -0.05) is 23.4 Å². The van der Waals surface area contributed by atoms with Crippen LogP contribution in [0.5, 0.6) is 0 Å². The van der Waals surface area contributed by atoms with E-state index in [1.807, 2.05) is 4.90 Å². The zero-order chi connectivity index (χ0) is 28.3. The molecule has 2 aromatic rings. The Morgan fingerprint density at radius 3 is 2.75 bits per heavy atom. The number of carbonyl (C=O) groups excluding carboxylic acids is 1. The van der Waals surface area contributed by atoms with Gasteiger partial charge in [0, 0.05) is 49.2 Å². The van der Waals surface area contributed by atoms with Crippen molar-refractivity contribution in [2.45, 2.75) is 44.7 Å². The lowest BCUT2D eigenvalue weighted by atomic mass is 10.1. The maximum Gasteiger partial charge on any atom is 0.437 e. The molecule has 2 aliphatic rings. The summed E-state index contributed by atoms with van der Waals surface area (Å²) in [6.07, 6.45) is 5.57. The van der Waals surface area contributed by atoms with Gasteiger partial charge in [-0.15, -0.1) is 4.99 Å². The van der Waals surface area contributed by atoms with E-state index in [9.17, 15) is 4.79 Å². The molecule has 2 unspecified atom stereocenters. The number of aromatic nitrogens is 2. The zero-order valence-corrected chi connectivity index (χ0v) is 22.3. The van der Waals surface area contributed by atoms with Crippen LogP contribution in [0.15, 0.2) is 40.7 Å². The molecule has 40 heavy (non-hydrogen) atoms. The molecule has 0 bridgehead atoms. The average molecular weight is 560 g/mol. The molecule has 0 spiro atoms. The van der Waals surface area contributed by atoms with Gasteiger partial charge in [0.05, 0.1) is 31.5 Å². The minimum absolute atomic E-state index is 0.0965. The average Bonchev–Trinajstić information content (AvgIpc) is 2.93. The third-order valence-corrected chi connectivity index (χ3v) is 6.29. The lowest BCUT2D eigenvalue weighted by Crippen LogP contribution is -2.48. The molecule has 3 heterocycles. The number of ether oxygens (including phenoxy) is 4. The predicted molar refractivity (Wildman–Crippen MR) is 144 cm³/mol. The number of nitrogens with two attached hydrogens (primary N) is 2. The zero-order valence-electron chi connectivity index (χ0n) is 22.3. The number of rotatable bonds is 12. The summed E-state index contributed by atoms with van der Waals surface area (Å²) < 4.78 is 36.7. The largest absolute Gasteiger partial charge is 0.443 e. The van der Waals surface area contributed by atoms with E-state index in [1.54, 1.807) is 19.2 Å². The number of carbonyl (C=O) groups is 1. The Bertz CT molecular complexity index is 1180. The fraction of sp³-hybridized carbons (Fsp3) is 0.500.